The topological polar surface area (TPSA) is 99.8 Å². The molecule has 0 bridgehead atoms. The van der Waals surface area contributed by atoms with Gasteiger partial charge in [-0.25, -0.2) is 12.8 Å². The smallest absolute Gasteiger partial charge is 0.406 e. The summed E-state index contributed by atoms with van der Waals surface area (Å²) in [5.41, 5.74) is 0.614. The summed E-state index contributed by atoms with van der Waals surface area (Å²) in [7, 11) is -2.28. The van der Waals surface area contributed by atoms with E-state index in [0.29, 0.717) is 35.7 Å². The Morgan fingerprint density at radius 3 is 2.44 bits per heavy atom. The van der Waals surface area contributed by atoms with E-state index in [4.69, 9.17) is 11.6 Å². The molecule has 264 valence electrons. The molecule has 0 radical (unpaired) electrons. The molecule has 4 aromatic rings. The number of anilines is 1. The molecule has 1 saturated carbocycles. The lowest BCUT2D eigenvalue weighted by Crippen LogP contribution is -2.56. The molecule has 0 aromatic heterocycles. The summed E-state index contributed by atoms with van der Waals surface area (Å²) in [5, 5.41) is 9.57. The van der Waals surface area contributed by atoms with E-state index in [-0.39, 0.29) is 35.0 Å². The van der Waals surface area contributed by atoms with Gasteiger partial charge in [0.15, 0.2) is 0 Å². The third kappa shape index (κ3) is 7.52. The summed E-state index contributed by atoms with van der Waals surface area (Å²) < 4.78 is 88.0. The van der Waals surface area contributed by atoms with Crippen LogP contribution in [0.3, 0.4) is 0 Å². The molecule has 3 N–H and O–H groups in total. The number of nitrogens with one attached hydrogen (secondary N) is 3. The van der Waals surface area contributed by atoms with Crippen molar-refractivity contribution >= 4 is 33.2 Å². The molecule has 2 aliphatic rings. The molecule has 4 aromatic carbocycles. The van der Waals surface area contributed by atoms with E-state index in [1.165, 1.54) is 34.6 Å². The molecule has 1 amide bonds. The molecule has 1 saturated heterocycles. The summed E-state index contributed by atoms with van der Waals surface area (Å²) in [5.74, 6) is -2.63. The van der Waals surface area contributed by atoms with Crippen LogP contribution in [0, 0.1) is 11.7 Å². The monoisotopic (exact) mass is 730 g/mol. The van der Waals surface area contributed by atoms with Gasteiger partial charge in [-0.15, -0.1) is 13.2 Å². The SMILES string of the molecule is CN[C@H](C(=O)Nc1cccc(F)c1C[C@@H]1C[C@]12CNCCN2S(=O)(=O)c1ccccc1)[C@@H](c1ccc(Cl)cc1)c1cccc(OC(F)(F)F)c1. The second kappa shape index (κ2) is 14.3. The average molecular weight is 731 g/mol. The van der Waals surface area contributed by atoms with Gasteiger partial charge < -0.3 is 20.7 Å². The lowest BCUT2D eigenvalue weighted by Gasteiger charge is -2.37. The van der Waals surface area contributed by atoms with Crippen LogP contribution in [0.5, 0.6) is 5.75 Å². The van der Waals surface area contributed by atoms with Gasteiger partial charge in [0.1, 0.15) is 11.6 Å². The minimum absolute atomic E-state index is 0.159. The second-order valence-corrected chi connectivity index (χ2v) is 14.7. The molecule has 8 nitrogen and oxygen atoms in total. The summed E-state index contributed by atoms with van der Waals surface area (Å²) >= 11 is 6.13. The molecule has 4 atom stereocenters. The first-order valence-corrected chi connectivity index (χ1v) is 17.8. The average Bonchev–Trinajstić information content (AvgIpc) is 3.76. The number of carbonyl (C=O) groups excluding carboxylic acids is 1. The quantitative estimate of drug-likeness (QED) is 0.156. The molecular formula is C36H35ClF4N4O4S. The molecule has 6 rings (SSSR count). The van der Waals surface area contributed by atoms with Crippen LogP contribution in [0.4, 0.5) is 23.2 Å². The van der Waals surface area contributed by atoms with Crippen molar-refractivity contribution in [1.29, 1.82) is 0 Å². The number of piperazine rings is 1. The largest absolute Gasteiger partial charge is 0.573 e. The highest BCUT2D eigenvalue weighted by Crippen LogP contribution is 2.53. The van der Waals surface area contributed by atoms with E-state index < -0.39 is 51.4 Å². The van der Waals surface area contributed by atoms with Gasteiger partial charge in [-0.2, -0.15) is 4.31 Å². The minimum atomic E-state index is -4.92. The summed E-state index contributed by atoms with van der Waals surface area (Å²) in [6.07, 6.45) is -4.26. The Hall–Kier alpha value is -4.01. The minimum Gasteiger partial charge on any atom is -0.406 e. The predicted molar refractivity (Wildman–Crippen MR) is 182 cm³/mol. The van der Waals surface area contributed by atoms with Crippen LogP contribution in [0.25, 0.3) is 0 Å². The van der Waals surface area contributed by atoms with E-state index in [9.17, 15) is 26.4 Å². The van der Waals surface area contributed by atoms with E-state index >= 15 is 4.39 Å². The van der Waals surface area contributed by atoms with Gasteiger partial charge >= 0.3 is 6.36 Å². The van der Waals surface area contributed by atoms with Crippen molar-refractivity contribution in [2.75, 3.05) is 32.0 Å². The van der Waals surface area contributed by atoms with Crippen molar-refractivity contribution in [3.05, 3.63) is 125 Å². The molecule has 0 unspecified atom stereocenters. The Bertz CT molecular complexity index is 1950. The van der Waals surface area contributed by atoms with Gasteiger partial charge in [0.2, 0.25) is 15.9 Å². The number of hydrogen-bond donors (Lipinski definition) is 3. The number of alkyl halides is 3. The van der Waals surface area contributed by atoms with E-state index in [0.717, 1.165) is 0 Å². The fraction of sp³-hybridized carbons (Fsp3) is 0.306. The van der Waals surface area contributed by atoms with Crippen LogP contribution < -0.4 is 20.7 Å². The molecule has 2 fully saturated rings. The highest BCUT2D eigenvalue weighted by molar-refractivity contribution is 7.89. The molecule has 14 heteroatoms. The van der Waals surface area contributed by atoms with Crippen molar-refractivity contribution in [1.82, 2.24) is 14.9 Å². The second-order valence-electron chi connectivity index (χ2n) is 12.4. The standard InChI is InChI=1S/C36H35ClF4N4O4S/c1-42-33(32(23-13-15-26(37)16-14-23)24-7-5-8-27(19-24)49-36(39,40)41)34(46)44-31-12-6-11-30(38)29(31)20-25-21-35(25)22-43-17-18-45(35)50(47,48)28-9-3-2-4-10-28/h2-16,19,25,32-33,42-43H,17-18,20-22H2,1H3,(H,44,46)/t25-,32+,33+,35+/m1/s1. The van der Waals surface area contributed by atoms with Gasteiger partial charge in [-0.3, -0.25) is 4.79 Å². The predicted octanol–water partition coefficient (Wildman–Crippen LogP) is 6.33. The number of carbonyl (C=O) groups is 1. The maximum atomic E-state index is 15.6. The Balaban J connectivity index is 1.28. The summed E-state index contributed by atoms with van der Waals surface area (Å²) in [6.45, 7) is 1.15. The van der Waals surface area contributed by atoms with Crippen LogP contribution in [-0.4, -0.2) is 63.3 Å². The number of sulfonamides is 1. The highest BCUT2D eigenvalue weighted by Gasteiger charge is 2.62. The fourth-order valence-electron chi connectivity index (χ4n) is 6.97. The highest BCUT2D eigenvalue weighted by atomic mass is 35.5. The van der Waals surface area contributed by atoms with Crippen molar-refractivity contribution in [2.45, 2.75) is 41.6 Å². The van der Waals surface area contributed by atoms with Crippen molar-refractivity contribution in [3.63, 3.8) is 0 Å². The number of benzene rings is 4. The van der Waals surface area contributed by atoms with Gasteiger partial charge in [0.05, 0.1) is 16.5 Å². The van der Waals surface area contributed by atoms with E-state index in [1.54, 1.807) is 73.8 Å². The van der Waals surface area contributed by atoms with Crippen LogP contribution >= 0.6 is 11.6 Å². The lowest BCUT2D eigenvalue weighted by atomic mass is 9.84. The number of hydrogen-bond acceptors (Lipinski definition) is 6. The third-order valence-electron chi connectivity index (χ3n) is 9.38. The van der Waals surface area contributed by atoms with Crippen molar-refractivity contribution in [2.24, 2.45) is 5.92 Å². The Morgan fingerprint density at radius 2 is 1.74 bits per heavy atom. The maximum absolute atomic E-state index is 15.6. The zero-order valence-corrected chi connectivity index (χ0v) is 28.5. The van der Waals surface area contributed by atoms with Crippen LogP contribution in [0.1, 0.15) is 29.0 Å². The van der Waals surface area contributed by atoms with Gasteiger partial charge in [-0.05, 0) is 85.5 Å². The molecular weight excluding hydrogens is 696 g/mol. The Morgan fingerprint density at radius 1 is 1.02 bits per heavy atom. The fourth-order valence-corrected chi connectivity index (χ4v) is 8.95. The third-order valence-corrected chi connectivity index (χ3v) is 11.6. The Labute approximate surface area is 292 Å². The summed E-state index contributed by atoms with van der Waals surface area (Å²) in [6, 6.07) is 23.4. The first-order valence-electron chi connectivity index (χ1n) is 16.0. The van der Waals surface area contributed by atoms with Gasteiger partial charge in [0, 0.05) is 41.8 Å². The van der Waals surface area contributed by atoms with E-state index in [1.807, 2.05) is 0 Å². The molecule has 1 heterocycles. The number of nitrogens with zero attached hydrogens (tertiary/aromatic N) is 1. The zero-order chi connectivity index (χ0) is 35.7. The van der Waals surface area contributed by atoms with Gasteiger partial charge in [-0.1, -0.05) is 60.1 Å². The first kappa shape index (κ1) is 35.8. The summed E-state index contributed by atoms with van der Waals surface area (Å²) in [4.78, 5) is 14.3. The first-order chi connectivity index (χ1) is 23.8. The molecule has 1 spiro atoms. The number of likely N-dealkylation sites (N-methyl/N-ethyl adjacent to an activating group) is 1. The number of ether oxygens (including phenoxy) is 1. The zero-order valence-electron chi connectivity index (χ0n) is 26.9. The van der Waals surface area contributed by atoms with Crippen LogP contribution in [0.15, 0.2) is 102 Å². The number of rotatable bonds is 11. The molecule has 50 heavy (non-hydrogen) atoms. The van der Waals surface area contributed by atoms with Crippen LogP contribution in [-0.2, 0) is 21.2 Å². The number of halogens is 5. The van der Waals surface area contributed by atoms with Crippen LogP contribution in [0.2, 0.25) is 5.02 Å². The number of amides is 1. The molecule has 1 aliphatic heterocycles. The van der Waals surface area contributed by atoms with E-state index in [2.05, 4.69) is 20.7 Å². The van der Waals surface area contributed by atoms with Crippen molar-refractivity contribution in [3.8, 4) is 5.75 Å². The normalized spacial score (nSPS) is 20.6. The Kier molecular flexibility index (Phi) is 10.2. The van der Waals surface area contributed by atoms with Crippen molar-refractivity contribution < 1.29 is 35.5 Å². The lowest BCUT2D eigenvalue weighted by molar-refractivity contribution is -0.274. The molecule has 1 aliphatic carbocycles. The van der Waals surface area contributed by atoms with Gasteiger partial charge in [0.25, 0.3) is 0 Å². The maximum Gasteiger partial charge on any atom is 0.573 e.